The molecule has 0 fully saturated rings. The molecule has 2 heteroatoms. The second-order valence-corrected chi connectivity index (χ2v) is 6.09. The summed E-state index contributed by atoms with van der Waals surface area (Å²) in [6.45, 7) is 5.58. The largest absolute Gasteiger partial charge is 0.507 e. The molecule has 0 radical (unpaired) electrons. The molecule has 1 N–H and O–H groups in total. The van der Waals surface area contributed by atoms with Crippen LogP contribution in [0.4, 0.5) is 0 Å². The summed E-state index contributed by atoms with van der Waals surface area (Å²) < 4.78 is 0. The van der Waals surface area contributed by atoms with Crippen molar-refractivity contribution in [2.24, 2.45) is 5.41 Å². The number of Topliss-reactive ketones (excluding diaryl/α,β-unsaturated/α-hetero) is 1. The Kier molecular flexibility index (Phi) is 3.93. The monoisotopic (exact) mass is 268 g/mol. The molecule has 0 amide bonds. The van der Waals surface area contributed by atoms with Gasteiger partial charge in [0.2, 0.25) is 0 Å². The minimum absolute atomic E-state index is 0.0371. The Morgan fingerprint density at radius 2 is 1.65 bits per heavy atom. The summed E-state index contributed by atoms with van der Waals surface area (Å²) in [5, 5.41) is 9.91. The van der Waals surface area contributed by atoms with Crippen LogP contribution in [0.15, 0.2) is 48.5 Å². The summed E-state index contributed by atoms with van der Waals surface area (Å²) in [5.41, 5.74) is 2.13. The lowest BCUT2D eigenvalue weighted by Gasteiger charge is -2.18. The molecule has 2 nitrogen and oxygen atoms in total. The minimum atomic E-state index is -0.497. The number of phenols is 1. The van der Waals surface area contributed by atoms with Crippen LogP contribution in [-0.2, 0) is 6.42 Å². The SMILES string of the molecule is CC(C)(C)C(=O)c1cc(Cc2ccccc2)ccc1O. The van der Waals surface area contributed by atoms with E-state index in [0.29, 0.717) is 5.56 Å². The van der Waals surface area contributed by atoms with Crippen LogP contribution in [0.1, 0.15) is 42.3 Å². The highest BCUT2D eigenvalue weighted by atomic mass is 16.3. The van der Waals surface area contributed by atoms with Crippen LogP contribution in [0.2, 0.25) is 0 Å². The van der Waals surface area contributed by atoms with Gasteiger partial charge in [-0.05, 0) is 29.7 Å². The van der Waals surface area contributed by atoms with Crippen LogP contribution in [0.3, 0.4) is 0 Å². The molecule has 0 unspecified atom stereocenters. The highest BCUT2D eigenvalue weighted by molar-refractivity contribution is 6.02. The van der Waals surface area contributed by atoms with Crippen molar-refractivity contribution in [3.63, 3.8) is 0 Å². The van der Waals surface area contributed by atoms with E-state index >= 15 is 0 Å². The summed E-state index contributed by atoms with van der Waals surface area (Å²) in [5.74, 6) is 0.0200. The second kappa shape index (κ2) is 5.49. The molecular formula is C18H20O2. The molecule has 0 aliphatic heterocycles. The maximum absolute atomic E-state index is 12.3. The molecule has 2 aromatic carbocycles. The molecule has 2 rings (SSSR count). The third kappa shape index (κ3) is 3.27. The van der Waals surface area contributed by atoms with Crippen molar-refractivity contribution >= 4 is 5.78 Å². The first-order valence-corrected chi connectivity index (χ1v) is 6.78. The molecule has 0 aliphatic rings. The van der Waals surface area contributed by atoms with Crippen molar-refractivity contribution in [1.82, 2.24) is 0 Å². The number of ketones is 1. The van der Waals surface area contributed by atoms with Gasteiger partial charge in [-0.1, -0.05) is 57.2 Å². The van der Waals surface area contributed by atoms with Gasteiger partial charge in [-0.15, -0.1) is 0 Å². The lowest BCUT2D eigenvalue weighted by atomic mass is 9.85. The molecule has 0 atom stereocenters. The van der Waals surface area contributed by atoms with Crippen LogP contribution in [-0.4, -0.2) is 10.9 Å². The fraction of sp³-hybridized carbons (Fsp3) is 0.278. The first-order chi connectivity index (χ1) is 9.38. The van der Waals surface area contributed by atoms with Gasteiger partial charge in [-0.3, -0.25) is 4.79 Å². The number of aromatic hydroxyl groups is 1. The number of rotatable bonds is 3. The van der Waals surface area contributed by atoms with Gasteiger partial charge in [-0.2, -0.15) is 0 Å². The van der Waals surface area contributed by atoms with E-state index in [0.717, 1.165) is 12.0 Å². The molecule has 104 valence electrons. The first kappa shape index (κ1) is 14.3. The molecular weight excluding hydrogens is 248 g/mol. The lowest BCUT2D eigenvalue weighted by Crippen LogP contribution is -2.20. The van der Waals surface area contributed by atoms with E-state index in [9.17, 15) is 9.90 Å². The van der Waals surface area contributed by atoms with Crippen LogP contribution in [0, 0.1) is 5.41 Å². The van der Waals surface area contributed by atoms with E-state index in [1.807, 2.05) is 45.0 Å². The highest BCUT2D eigenvalue weighted by Gasteiger charge is 2.25. The Morgan fingerprint density at radius 3 is 2.25 bits per heavy atom. The Hall–Kier alpha value is -2.09. The Bertz CT molecular complexity index is 607. The minimum Gasteiger partial charge on any atom is -0.507 e. The molecule has 20 heavy (non-hydrogen) atoms. The Balaban J connectivity index is 2.32. The summed E-state index contributed by atoms with van der Waals surface area (Å²) in [7, 11) is 0. The van der Waals surface area contributed by atoms with E-state index in [1.54, 1.807) is 12.1 Å². The number of benzene rings is 2. The highest BCUT2D eigenvalue weighted by Crippen LogP contribution is 2.28. The van der Waals surface area contributed by atoms with Crippen LogP contribution in [0.5, 0.6) is 5.75 Å². The van der Waals surface area contributed by atoms with Gasteiger partial charge in [0.15, 0.2) is 5.78 Å². The van der Waals surface area contributed by atoms with Crippen molar-refractivity contribution in [3.8, 4) is 5.75 Å². The molecule has 0 saturated heterocycles. The Morgan fingerprint density at radius 1 is 1.00 bits per heavy atom. The molecule has 0 bridgehead atoms. The summed E-state index contributed by atoms with van der Waals surface area (Å²) >= 11 is 0. The van der Waals surface area contributed by atoms with Crippen molar-refractivity contribution in [3.05, 3.63) is 65.2 Å². The van der Waals surface area contributed by atoms with Crippen molar-refractivity contribution < 1.29 is 9.90 Å². The Labute approximate surface area is 120 Å². The maximum atomic E-state index is 12.3. The fourth-order valence-corrected chi connectivity index (χ4v) is 2.11. The number of carbonyl (C=O) groups is 1. The van der Waals surface area contributed by atoms with E-state index in [-0.39, 0.29) is 11.5 Å². The average molecular weight is 268 g/mol. The normalized spacial score (nSPS) is 11.3. The van der Waals surface area contributed by atoms with E-state index in [1.165, 1.54) is 5.56 Å². The van der Waals surface area contributed by atoms with Crippen LogP contribution in [0.25, 0.3) is 0 Å². The number of phenolic OH excluding ortho intramolecular Hbond substituents is 1. The standard InChI is InChI=1S/C18H20O2/c1-18(2,3)17(20)15-12-14(9-10-16(15)19)11-13-7-5-4-6-8-13/h4-10,12,19H,11H2,1-3H3. The third-order valence-electron chi connectivity index (χ3n) is 3.24. The number of hydrogen-bond donors (Lipinski definition) is 1. The fourth-order valence-electron chi connectivity index (χ4n) is 2.11. The predicted molar refractivity (Wildman–Crippen MR) is 81.1 cm³/mol. The summed E-state index contributed by atoms with van der Waals surface area (Å²) in [6.07, 6.45) is 0.755. The number of carbonyl (C=O) groups excluding carboxylic acids is 1. The predicted octanol–water partition coefficient (Wildman–Crippen LogP) is 4.21. The van der Waals surface area contributed by atoms with Crippen molar-refractivity contribution in [2.75, 3.05) is 0 Å². The first-order valence-electron chi connectivity index (χ1n) is 6.78. The van der Waals surface area contributed by atoms with Crippen LogP contribution < -0.4 is 0 Å². The lowest BCUT2D eigenvalue weighted by molar-refractivity contribution is 0.0855. The number of hydrogen-bond acceptors (Lipinski definition) is 2. The zero-order valence-electron chi connectivity index (χ0n) is 12.2. The van der Waals surface area contributed by atoms with E-state index in [4.69, 9.17) is 0 Å². The summed E-state index contributed by atoms with van der Waals surface area (Å²) in [4.78, 5) is 12.3. The molecule has 0 saturated carbocycles. The topological polar surface area (TPSA) is 37.3 Å². The van der Waals surface area contributed by atoms with Gasteiger partial charge in [0, 0.05) is 5.41 Å². The van der Waals surface area contributed by atoms with Gasteiger partial charge in [0.05, 0.1) is 5.56 Å². The molecule has 0 aromatic heterocycles. The molecule has 0 aliphatic carbocycles. The summed E-state index contributed by atoms with van der Waals surface area (Å²) in [6, 6.07) is 15.4. The zero-order chi connectivity index (χ0) is 14.8. The van der Waals surface area contributed by atoms with Gasteiger partial charge >= 0.3 is 0 Å². The van der Waals surface area contributed by atoms with Crippen molar-refractivity contribution in [2.45, 2.75) is 27.2 Å². The van der Waals surface area contributed by atoms with Crippen LogP contribution >= 0.6 is 0 Å². The molecule has 0 spiro atoms. The maximum Gasteiger partial charge on any atom is 0.171 e. The molecule has 2 aromatic rings. The molecule has 0 heterocycles. The van der Waals surface area contributed by atoms with Gasteiger partial charge in [0.25, 0.3) is 0 Å². The van der Waals surface area contributed by atoms with Gasteiger partial charge in [-0.25, -0.2) is 0 Å². The van der Waals surface area contributed by atoms with Gasteiger partial charge in [0.1, 0.15) is 5.75 Å². The quantitative estimate of drug-likeness (QED) is 0.847. The second-order valence-electron chi connectivity index (χ2n) is 6.09. The van der Waals surface area contributed by atoms with E-state index < -0.39 is 5.41 Å². The zero-order valence-corrected chi connectivity index (χ0v) is 12.2. The average Bonchev–Trinajstić information content (AvgIpc) is 2.40. The van der Waals surface area contributed by atoms with Crippen molar-refractivity contribution in [1.29, 1.82) is 0 Å². The smallest absolute Gasteiger partial charge is 0.171 e. The van der Waals surface area contributed by atoms with Gasteiger partial charge < -0.3 is 5.11 Å². The van der Waals surface area contributed by atoms with E-state index in [2.05, 4.69) is 12.1 Å². The third-order valence-corrected chi connectivity index (χ3v) is 3.24.